The molecular formula is C35H58O12. The average Bonchev–Trinajstić information content (AvgIpc) is 3.26. The van der Waals surface area contributed by atoms with Gasteiger partial charge in [0.05, 0.1) is 48.1 Å². The van der Waals surface area contributed by atoms with Gasteiger partial charge >= 0.3 is 0 Å². The third kappa shape index (κ3) is 5.23. The van der Waals surface area contributed by atoms with Crippen molar-refractivity contribution in [3.8, 4) is 0 Å². The maximum absolute atomic E-state index is 12.4. The second-order valence-electron chi connectivity index (χ2n) is 15.9. The van der Waals surface area contributed by atoms with Gasteiger partial charge in [0, 0.05) is 33.0 Å². The van der Waals surface area contributed by atoms with Crippen LogP contribution in [0, 0.1) is 16.7 Å². The van der Waals surface area contributed by atoms with Crippen molar-refractivity contribution in [3.05, 3.63) is 11.6 Å². The molecule has 5 fully saturated rings. The summed E-state index contributed by atoms with van der Waals surface area (Å²) in [6.45, 7) is 8.94. The fourth-order valence-corrected chi connectivity index (χ4v) is 10.7. The van der Waals surface area contributed by atoms with E-state index in [2.05, 4.69) is 6.92 Å². The van der Waals surface area contributed by atoms with E-state index in [4.69, 9.17) is 28.4 Å². The summed E-state index contributed by atoms with van der Waals surface area (Å²) < 4.78 is 36.5. The Morgan fingerprint density at radius 1 is 0.872 bits per heavy atom. The zero-order valence-electron chi connectivity index (χ0n) is 29.0. The van der Waals surface area contributed by atoms with E-state index in [1.54, 1.807) is 28.1 Å². The molecular weight excluding hydrogens is 612 g/mol. The topological polar surface area (TPSA) is 177 Å². The number of aliphatic hydroxyl groups excluding tert-OH is 3. The lowest BCUT2D eigenvalue weighted by Crippen LogP contribution is -2.78. The molecule has 0 aromatic rings. The first-order valence-corrected chi connectivity index (χ1v) is 17.6. The second kappa shape index (κ2) is 12.5. The monoisotopic (exact) mass is 670 g/mol. The SMILES string of the molecule is CO[C@H]1C[C@H](O[C@H]2CC[C@@]3(C)C(=CC[C@]4(O)[C@@H]3C[C@@H](O)[C@@]3(C)[C@]4(O)CC[C@@]3(O)[C@H](C)O)C2)O[C@H](C)[C@H]1O[C@H]1C[C@@H](OC)[C@H](O)[C@@H](C)O1. The first-order chi connectivity index (χ1) is 22.0. The van der Waals surface area contributed by atoms with Gasteiger partial charge in [0.25, 0.3) is 0 Å². The summed E-state index contributed by atoms with van der Waals surface area (Å²) in [6.07, 6.45) is -0.673. The summed E-state index contributed by atoms with van der Waals surface area (Å²) in [5.41, 5.74) is -5.93. The van der Waals surface area contributed by atoms with E-state index in [1.165, 1.54) is 6.92 Å². The lowest BCUT2D eigenvalue weighted by atomic mass is 9.42. The summed E-state index contributed by atoms with van der Waals surface area (Å²) in [4.78, 5) is 0. The number of aliphatic hydroxyl groups is 6. The predicted octanol–water partition coefficient (Wildman–Crippen LogP) is 1.69. The molecule has 6 N–H and O–H groups in total. The summed E-state index contributed by atoms with van der Waals surface area (Å²) >= 11 is 0. The molecule has 12 heteroatoms. The highest BCUT2D eigenvalue weighted by molar-refractivity contribution is 5.36. The van der Waals surface area contributed by atoms with E-state index in [-0.39, 0.29) is 44.0 Å². The maximum atomic E-state index is 12.4. The van der Waals surface area contributed by atoms with E-state index < -0.39 is 82.8 Å². The number of hydrogen-bond donors (Lipinski definition) is 6. The van der Waals surface area contributed by atoms with Gasteiger partial charge in [0.2, 0.25) is 0 Å². The Labute approximate surface area is 278 Å². The highest BCUT2D eigenvalue weighted by Gasteiger charge is 2.80. The number of methoxy groups -OCH3 is 2. The van der Waals surface area contributed by atoms with E-state index in [9.17, 15) is 30.6 Å². The minimum Gasteiger partial charge on any atom is -0.392 e. The molecule has 2 aliphatic heterocycles. The number of hydrogen-bond acceptors (Lipinski definition) is 12. The van der Waals surface area contributed by atoms with Crippen LogP contribution < -0.4 is 0 Å². The van der Waals surface area contributed by atoms with E-state index in [0.717, 1.165) is 5.57 Å². The summed E-state index contributed by atoms with van der Waals surface area (Å²) in [5.74, 6) is -0.439. The fourth-order valence-electron chi connectivity index (χ4n) is 10.7. The van der Waals surface area contributed by atoms with Gasteiger partial charge in [-0.15, -0.1) is 0 Å². The van der Waals surface area contributed by atoms with E-state index in [0.29, 0.717) is 32.1 Å². The van der Waals surface area contributed by atoms with Crippen molar-refractivity contribution in [3.63, 3.8) is 0 Å². The van der Waals surface area contributed by atoms with Crippen molar-refractivity contribution >= 4 is 0 Å². The van der Waals surface area contributed by atoms with Crippen molar-refractivity contribution in [1.82, 2.24) is 0 Å². The Morgan fingerprint density at radius 2 is 1.51 bits per heavy atom. The zero-order valence-corrected chi connectivity index (χ0v) is 29.0. The van der Waals surface area contributed by atoms with Crippen molar-refractivity contribution in [2.75, 3.05) is 14.2 Å². The molecule has 3 saturated carbocycles. The second-order valence-corrected chi connectivity index (χ2v) is 15.9. The molecule has 6 aliphatic rings. The van der Waals surface area contributed by atoms with Crippen LogP contribution in [-0.2, 0) is 28.4 Å². The third-order valence-electron chi connectivity index (χ3n) is 13.9. The van der Waals surface area contributed by atoms with Crippen LogP contribution in [-0.4, -0.2) is 129 Å². The normalized spacial score (nSPS) is 55.4. The van der Waals surface area contributed by atoms with Gasteiger partial charge in [-0.2, -0.15) is 0 Å². The van der Waals surface area contributed by atoms with Gasteiger partial charge in [-0.1, -0.05) is 25.5 Å². The Balaban J connectivity index is 1.13. The number of ether oxygens (including phenoxy) is 6. The Hall–Kier alpha value is -0.740. The van der Waals surface area contributed by atoms with Gasteiger partial charge in [-0.05, 0) is 71.1 Å². The average molecular weight is 671 g/mol. The van der Waals surface area contributed by atoms with Crippen molar-refractivity contribution < 1.29 is 59.1 Å². The van der Waals surface area contributed by atoms with Crippen LogP contribution in [0.15, 0.2) is 11.6 Å². The molecule has 270 valence electrons. The molecule has 0 bridgehead atoms. The van der Waals surface area contributed by atoms with Gasteiger partial charge < -0.3 is 59.1 Å². The number of rotatable bonds is 7. The van der Waals surface area contributed by atoms with Crippen LogP contribution >= 0.6 is 0 Å². The largest absolute Gasteiger partial charge is 0.392 e. The molecule has 17 atom stereocenters. The van der Waals surface area contributed by atoms with Crippen molar-refractivity contribution in [1.29, 1.82) is 0 Å². The van der Waals surface area contributed by atoms with Gasteiger partial charge in [-0.3, -0.25) is 0 Å². The molecule has 0 unspecified atom stereocenters. The summed E-state index contributed by atoms with van der Waals surface area (Å²) in [5, 5.41) is 68.8. The molecule has 6 rings (SSSR count). The first-order valence-electron chi connectivity index (χ1n) is 17.6. The van der Waals surface area contributed by atoms with Crippen molar-refractivity contribution in [2.24, 2.45) is 16.7 Å². The Kier molecular flexibility index (Phi) is 9.58. The van der Waals surface area contributed by atoms with Crippen LogP contribution in [0.1, 0.15) is 92.4 Å². The minimum atomic E-state index is -1.78. The molecule has 12 nitrogen and oxygen atoms in total. The quantitative estimate of drug-likeness (QED) is 0.217. The van der Waals surface area contributed by atoms with E-state index in [1.807, 2.05) is 13.0 Å². The molecule has 0 radical (unpaired) electrons. The molecule has 2 saturated heterocycles. The van der Waals surface area contributed by atoms with E-state index >= 15 is 0 Å². The van der Waals surface area contributed by atoms with Crippen LogP contribution in [0.2, 0.25) is 0 Å². The predicted molar refractivity (Wildman–Crippen MR) is 168 cm³/mol. The lowest BCUT2D eigenvalue weighted by molar-refractivity contribution is -0.327. The van der Waals surface area contributed by atoms with Crippen molar-refractivity contribution in [2.45, 2.75) is 177 Å². The van der Waals surface area contributed by atoms with Crippen LogP contribution in [0.5, 0.6) is 0 Å². The Bertz CT molecular complexity index is 1180. The fraction of sp³-hybridized carbons (Fsp3) is 0.943. The summed E-state index contributed by atoms with van der Waals surface area (Å²) in [6, 6.07) is 0. The third-order valence-corrected chi connectivity index (χ3v) is 13.9. The Morgan fingerprint density at radius 3 is 2.17 bits per heavy atom. The van der Waals surface area contributed by atoms with Gasteiger partial charge in [0.1, 0.15) is 29.0 Å². The molecule has 0 aromatic carbocycles. The summed E-state index contributed by atoms with van der Waals surface area (Å²) in [7, 11) is 3.21. The smallest absolute Gasteiger partial charge is 0.161 e. The maximum Gasteiger partial charge on any atom is 0.161 e. The molecule has 4 aliphatic carbocycles. The van der Waals surface area contributed by atoms with Crippen LogP contribution in [0.3, 0.4) is 0 Å². The zero-order chi connectivity index (χ0) is 34.3. The van der Waals surface area contributed by atoms with Crippen LogP contribution in [0.4, 0.5) is 0 Å². The highest BCUT2D eigenvalue weighted by Crippen LogP contribution is 2.70. The van der Waals surface area contributed by atoms with Crippen LogP contribution in [0.25, 0.3) is 0 Å². The molecule has 0 spiro atoms. The molecule has 0 aromatic heterocycles. The van der Waals surface area contributed by atoms with Gasteiger partial charge in [-0.25, -0.2) is 0 Å². The molecule has 0 amide bonds. The molecule has 2 heterocycles. The standard InChI is InChI=1S/C35H58O12/c1-18-29(38)23(42-6)15-28(44-18)47-30-19(2)45-27(16-24(30)43-7)46-22-9-10-31(4)21(14-22)8-11-34(40)25(31)17-26(37)32(5)33(39,20(3)36)12-13-35(32,34)41/h8,18-20,22-30,36-41H,9-17H2,1-7H3/t18-,19-,20+,22+,23-,24+,25-,26-,27+,28+,29-,30-,31+,32-,33-,34+,35-/m1/s1. The minimum absolute atomic E-state index is 0.0866. The highest BCUT2D eigenvalue weighted by atomic mass is 16.7. The lowest BCUT2D eigenvalue weighted by Gasteiger charge is -2.67. The number of fused-ring (bicyclic) bond motifs is 5. The van der Waals surface area contributed by atoms with Gasteiger partial charge in [0.15, 0.2) is 12.6 Å². The molecule has 47 heavy (non-hydrogen) atoms. The first kappa shape index (κ1) is 36.1.